The first-order valence-corrected chi connectivity index (χ1v) is 4.72. The highest BCUT2D eigenvalue weighted by molar-refractivity contribution is 6.02. The van der Waals surface area contributed by atoms with Gasteiger partial charge in [0.15, 0.2) is 17.3 Å². The fourth-order valence-corrected chi connectivity index (χ4v) is 1.36. The largest absolute Gasteiger partial charge is 0.493 e. The van der Waals surface area contributed by atoms with E-state index < -0.39 is 17.6 Å². The van der Waals surface area contributed by atoms with Crippen molar-refractivity contribution in [2.75, 3.05) is 14.2 Å². The van der Waals surface area contributed by atoms with Crippen LogP contribution in [0.25, 0.3) is 0 Å². The van der Waals surface area contributed by atoms with Gasteiger partial charge in [-0.25, -0.2) is 4.39 Å². The van der Waals surface area contributed by atoms with Gasteiger partial charge in [-0.3, -0.25) is 4.79 Å². The predicted molar refractivity (Wildman–Crippen MR) is 57.5 cm³/mol. The lowest BCUT2D eigenvalue weighted by Crippen LogP contribution is -2.27. The molecule has 0 saturated heterocycles. The molecule has 0 saturated carbocycles. The summed E-state index contributed by atoms with van der Waals surface area (Å²) in [6.07, 6.45) is 0. The zero-order valence-electron chi connectivity index (χ0n) is 9.41. The summed E-state index contributed by atoms with van der Waals surface area (Å²) in [4.78, 5) is 11.7. The maximum Gasteiger partial charge on any atom is 0.183 e. The number of nitrogens with two attached hydrogens (primary N) is 1. The van der Waals surface area contributed by atoms with Crippen molar-refractivity contribution >= 4 is 5.78 Å². The van der Waals surface area contributed by atoms with E-state index in [1.54, 1.807) is 0 Å². The summed E-state index contributed by atoms with van der Waals surface area (Å²) in [5, 5.41) is 0. The molecule has 0 aliphatic heterocycles. The molecule has 0 amide bonds. The van der Waals surface area contributed by atoms with Gasteiger partial charge in [0.2, 0.25) is 0 Å². The molecule has 5 heteroatoms. The van der Waals surface area contributed by atoms with Crippen molar-refractivity contribution in [1.82, 2.24) is 0 Å². The zero-order chi connectivity index (χ0) is 12.3. The Hall–Kier alpha value is -1.62. The summed E-state index contributed by atoms with van der Waals surface area (Å²) in [5.41, 5.74) is 5.56. The highest BCUT2D eigenvalue weighted by atomic mass is 19.1. The van der Waals surface area contributed by atoms with Crippen molar-refractivity contribution in [1.29, 1.82) is 0 Å². The first-order valence-electron chi connectivity index (χ1n) is 4.72. The first-order chi connectivity index (χ1) is 7.51. The molecule has 1 unspecified atom stereocenters. The number of hydrogen-bond donors (Lipinski definition) is 1. The molecule has 1 aromatic rings. The van der Waals surface area contributed by atoms with Crippen LogP contribution in [-0.2, 0) is 0 Å². The van der Waals surface area contributed by atoms with Crippen LogP contribution in [0.4, 0.5) is 4.39 Å². The van der Waals surface area contributed by atoms with Gasteiger partial charge >= 0.3 is 0 Å². The van der Waals surface area contributed by atoms with E-state index in [-0.39, 0.29) is 17.1 Å². The summed E-state index contributed by atoms with van der Waals surface area (Å²) in [6.45, 7) is 1.53. The van der Waals surface area contributed by atoms with Crippen LogP contribution in [0.15, 0.2) is 12.1 Å². The fourth-order valence-electron chi connectivity index (χ4n) is 1.36. The lowest BCUT2D eigenvalue weighted by Gasteiger charge is -2.13. The fraction of sp³-hybridized carbons (Fsp3) is 0.364. The topological polar surface area (TPSA) is 61.5 Å². The van der Waals surface area contributed by atoms with Gasteiger partial charge in [0.05, 0.1) is 25.8 Å². The first kappa shape index (κ1) is 12.4. The Kier molecular flexibility index (Phi) is 3.84. The van der Waals surface area contributed by atoms with E-state index in [0.717, 1.165) is 12.1 Å². The Morgan fingerprint density at radius 3 is 2.44 bits per heavy atom. The number of rotatable bonds is 4. The normalized spacial score (nSPS) is 12.1. The minimum atomic E-state index is -0.722. The highest BCUT2D eigenvalue weighted by Gasteiger charge is 2.20. The van der Waals surface area contributed by atoms with Crippen molar-refractivity contribution in [2.45, 2.75) is 13.0 Å². The summed E-state index contributed by atoms with van der Waals surface area (Å²) in [5.74, 6) is -0.589. The number of ether oxygens (including phenoxy) is 2. The summed E-state index contributed by atoms with van der Waals surface area (Å²) in [7, 11) is 2.76. The van der Waals surface area contributed by atoms with Crippen molar-refractivity contribution in [3.05, 3.63) is 23.5 Å². The van der Waals surface area contributed by atoms with Gasteiger partial charge in [0, 0.05) is 6.07 Å². The van der Waals surface area contributed by atoms with Gasteiger partial charge in [0.25, 0.3) is 0 Å². The SMILES string of the molecule is COc1cc(F)cc(C(=O)C(C)N)c1OC. The molecule has 0 aromatic heterocycles. The predicted octanol–water partition coefficient (Wildman–Crippen LogP) is 1.37. The van der Waals surface area contributed by atoms with Crippen molar-refractivity contribution in [3.63, 3.8) is 0 Å². The number of Topliss-reactive ketones (excluding diaryl/α,β-unsaturated/α-hetero) is 1. The monoisotopic (exact) mass is 227 g/mol. The Morgan fingerprint density at radius 1 is 1.38 bits per heavy atom. The molecular weight excluding hydrogens is 213 g/mol. The second kappa shape index (κ2) is 4.94. The van der Waals surface area contributed by atoms with Gasteiger partial charge in [-0.15, -0.1) is 0 Å². The average molecular weight is 227 g/mol. The van der Waals surface area contributed by atoms with E-state index in [0.29, 0.717) is 0 Å². The number of halogens is 1. The molecule has 0 spiro atoms. The number of carbonyl (C=O) groups excluding carboxylic acids is 1. The minimum Gasteiger partial charge on any atom is -0.493 e. The van der Waals surface area contributed by atoms with Gasteiger partial charge in [-0.1, -0.05) is 0 Å². The third kappa shape index (κ3) is 2.30. The van der Waals surface area contributed by atoms with E-state index in [2.05, 4.69) is 0 Å². The van der Waals surface area contributed by atoms with Crippen LogP contribution in [0.5, 0.6) is 11.5 Å². The molecule has 4 nitrogen and oxygen atoms in total. The Morgan fingerprint density at radius 2 is 2.00 bits per heavy atom. The molecule has 2 N–H and O–H groups in total. The highest BCUT2D eigenvalue weighted by Crippen LogP contribution is 2.32. The molecule has 0 heterocycles. The average Bonchev–Trinajstić information content (AvgIpc) is 2.26. The molecule has 0 bridgehead atoms. The van der Waals surface area contributed by atoms with Crippen LogP contribution in [0.3, 0.4) is 0 Å². The molecule has 0 radical (unpaired) electrons. The van der Waals surface area contributed by atoms with Crippen LogP contribution >= 0.6 is 0 Å². The smallest absolute Gasteiger partial charge is 0.183 e. The van der Waals surface area contributed by atoms with Crippen LogP contribution < -0.4 is 15.2 Å². The van der Waals surface area contributed by atoms with E-state index in [4.69, 9.17) is 15.2 Å². The second-order valence-electron chi connectivity index (χ2n) is 3.34. The molecule has 0 fully saturated rings. The van der Waals surface area contributed by atoms with Crippen molar-refractivity contribution < 1.29 is 18.7 Å². The maximum absolute atomic E-state index is 13.2. The van der Waals surface area contributed by atoms with Gasteiger partial charge in [-0.05, 0) is 13.0 Å². The van der Waals surface area contributed by atoms with E-state index in [9.17, 15) is 9.18 Å². The number of carbonyl (C=O) groups is 1. The van der Waals surface area contributed by atoms with E-state index in [1.165, 1.54) is 21.1 Å². The van der Waals surface area contributed by atoms with E-state index in [1.807, 2.05) is 0 Å². The Bertz CT molecular complexity index is 404. The molecule has 1 aromatic carbocycles. The maximum atomic E-state index is 13.2. The van der Waals surface area contributed by atoms with Gasteiger partial charge < -0.3 is 15.2 Å². The third-order valence-corrected chi connectivity index (χ3v) is 2.12. The number of hydrogen-bond acceptors (Lipinski definition) is 4. The lowest BCUT2D eigenvalue weighted by molar-refractivity contribution is 0.0963. The zero-order valence-corrected chi connectivity index (χ0v) is 9.41. The number of benzene rings is 1. The molecule has 1 rings (SSSR count). The van der Waals surface area contributed by atoms with Gasteiger partial charge in [-0.2, -0.15) is 0 Å². The molecule has 1 atom stereocenters. The molecule has 0 aliphatic rings. The standard InChI is InChI=1S/C11H14FNO3/c1-6(13)10(14)8-4-7(12)5-9(15-2)11(8)16-3/h4-6H,13H2,1-3H3. The molecule has 0 aliphatic carbocycles. The molecular formula is C11H14FNO3. The number of methoxy groups -OCH3 is 2. The van der Waals surface area contributed by atoms with Crippen LogP contribution in [0, 0.1) is 5.82 Å². The second-order valence-corrected chi connectivity index (χ2v) is 3.34. The Balaban J connectivity index is 3.36. The van der Waals surface area contributed by atoms with Crippen molar-refractivity contribution in [3.8, 4) is 11.5 Å². The van der Waals surface area contributed by atoms with Crippen LogP contribution in [0.1, 0.15) is 17.3 Å². The number of ketones is 1. The summed E-state index contributed by atoms with van der Waals surface area (Å²) >= 11 is 0. The van der Waals surface area contributed by atoms with Crippen LogP contribution in [-0.4, -0.2) is 26.0 Å². The summed E-state index contributed by atoms with van der Waals surface area (Å²) < 4.78 is 23.2. The summed E-state index contributed by atoms with van der Waals surface area (Å²) in [6, 6.07) is 1.52. The minimum absolute atomic E-state index is 0.0920. The van der Waals surface area contributed by atoms with Gasteiger partial charge in [0.1, 0.15) is 5.82 Å². The molecule has 16 heavy (non-hydrogen) atoms. The third-order valence-electron chi connectivity index (χ3n) is 2.12. The Labute approximate surface area is 93.2 Å². The molecule has 88 valence electrons. The quantitative estimate of drug-likeness (QED) is 0.789. The van der Waals surface area contributed by atoms with E-state index >= 15 is 0 Å². The lowest BCUT2D eigenvalue weighted by atomic mass is 10.0. The van der Waals surface area contributed by atoms with Crippen molar-refractivity contribution in [2.24, 2.45) is 5.73 Å². The van der Waals surface area contributed by atoms with Crippen LogP contribution in [0.2, 0.25) is 0 Å².